The number of nitrogens with zero attached hydrogens (tertiary/aromatic N) is 2. The summed E-state index contributed by atoms with van der Waals surface area (Å²) in [5.74, 6) is 0. The van der Waals surface area contributed by atoms with Crippen molar-refractivity contribution in [3.63, 3.8) is 0 Å². The molecule has 0 bridgehead atoms. The third kappa shape index (κ3) is 3.92. The van der Waals surface area contributed by atoms with Crippen LogP contribution in [-0.4, -0.2) is 74.4 Å². The van der Waals surface area contributed by atoms with Gasteiger partial charge < -0.3 is 10.1 Å². The molecule has 0 aliphatic carbocycles. The highest BCUT2D eigenvalue weighted by molar-refractivity contribution is 4.88. The highest BCUT2D eigenvalue weighted by Gasteiger charge is 2.30. The molecule has 0 aromatic carbocycles. The lowest BCUT2D eigenvalue weighted by Gasteiger charge is -2.45. The molecule has 0 atom stereocenters. The maximum absolute atomic E-state index is 5.99. The topological polar surface area (TPSA) is 27.7 Å². The fraction of sp³-hybridized carbons (Fsp3) is 1.00. The summed E-state index contributed by atoms with van der Waals surface area (Å²) in [4.78, 5) is 5.00. The molecule has 0 saturated carbocycles. The van der Waals surface area contributed by atoms with Crippen molar-refractivity contribution in [2.24, 2.45) is 0 Å². The first-order valence-corrected chi connectivity index (χ1v) is 7.34. The van der Waals surface area contributed by atoms with Gasteiger partial charge in [0.2, 0.25) is 0 Å². The molecule has 2 saturated heterocycles. The number of ether oxygens (including phenoxy) is 1. The number of hydrogen-bond donors (Lipinski definition) is 1. The van der Waals surface area contributed by atoms with E-state index in [1.165, 1.54) is 25.9 Å². The molecule has 2 fully saturated rings. The lowest BCUT2D eigenvalue weighted by atomic mass is 10.00. The van der Waals surface area contributed by atoms with Crippen molar-refractivity contribution in [2.75, 3.05) is 52.9 Å². The highest BCUT2D eigenvalue weighted by atomic mass is 16.5. The van der Waals surface area contributed by atoms with E-state index in [-0.39, 0.29) is 0 Å². The molecule has 0 aromatic heterocycles. The molecule has 2 heterocycles. The van der Waals surface area contributed by atoms with Gasteiger partial charge in [-0.15, -0.1) is 0 Å². The summed E-state index contributed by atoms with van der Waals surface area (Å²) in [7, 11) is 2.23. The van der Waals surface area contributed by atoms with Crippen LogP contribution in [0.15, 0.2) is 0 Å². The fourth-order valence-electron chi connectivity index (χ4n) is 2.84. The Balaban J connectivity index is 1.64. The van der Waals surface area contributed by atoms with Gasteiger partial charge in [0.1, 0.15) is 0 Å². The molecule has 2 aliphatic rings. The molecular formula is C14H29N3O. The van der Waals surface area contributed by atoms with Crippen LogP contribution in [0.2, 0.25) is 0 Å². The lowest BCUT2D eigenvalue weighted by molar-refractivity contribution is -0.00699. The molecule has 4 heteroatoms. The van der Waals surface area contributed by atoms with Crippen molar-refractivity contribution in [1.82, 2.24) is 15.1 Å². The zero-order chi connectivity index (χ0) is 13.0. The first-order chi connectivity index (χ1) is 8.58. The van der Waals surface area contributed by atoms with E-state index in [0.29, 0.717) is 11.6 Å². The Kier molecular flexibility index (Phi) is 5.01. The zero-order valence-corrected chi connectivity index (χ0v) is 12.2. The molecule has 4 nitrogen and oxygen atoms in total. The van der Waals surface area contributed by atoms with Gasteiger partial charge in [-0.3, -0.25) is 9.80 Å². The van der Waals surface area contributed by atoms with E-state index < -0.39 is 0 Å². The molecule has 106 valence electrons. The Bertz CT molecular complexity index is 251. The normalized spacial score (nSPS) is 27.5. The second-order valence-corrected chi connectivity index (χ2v) is 6.33. The second-order valence-electron chi connectivity index (χ2n) is 6.33. The number of hydrogen-bond acceptors (Lipinski definition) is 4. The van der Waals surface area contributed by atoms with Crippen molar-refractivity contribution in [2.45, 2.75) is 38.3 Å². The van der Waals surface area contributed by atoms with Gasteiger partial charge in [-0.2, -0.15) is 0 Å². The zero-order valence-electron chi connectivity index (χ0n) is 12.2. The Morgan fingerprint density at radius 1 is 1.22 bits per heavy atom. The molecule has 0 radical (unpaired) electrons. The van der Waals surface area contributed by atoms with Gasteiger partial charge in [-0.25, -0.2) is 0 Å². The predicted molar refractivity (Wildman–Crippen MR) is 75.0 cm³/mol. The van der Waals surface area contributed by atoms with Crippen molar-refractivity contribution in [3.05, 3.63) is 0 Å². The van der Waals surface area contributed by atoms with Crippen molar-refractivity contribution in [3.8, 4) is 0 Å². The van der Waals surface area contributed by atoms with Crippen LogP contribution < -0.4 is 5.32 Å². The fourth-order valence-corrected chi connectivity index (χ4v) is 2.84. The van der Waals surface area contributed by atoms with Crippen LogP contribution in [0.5, 0.6) is 0 Å². The molecule has 1 N–H and O–H groups in total. The molecule has 2 aliphatic heterocycles. The predicted octanol–water partition coefficient (Wildman–Crippen LogP) is 0.781. The minimum atomic E-state index is 0.299. The van der Waals surface area contributed by atoms with E-state index in [2.05, 4.69) is 36.0 Å². The molecular weight excluding hydrogens is 226 g/mol. The highest BCUT2D eigenvalue weighted by Crippen LogP contribution is 2.18. The minimum Gasteiger partial charge on any atom is -0.377 e. The summed E-state index contributed by atoms with van der Waals surface area (Å²) in [5.41, 5.74) is 0.299. The van der Waals surface area contributed by atoms with Gasteiger partial charge in [0.15, 0.2) is 0 Å². The third-order valence-corrected chi connectivity index (χ3v) is 4.44. The SMILES string of the molecule is CN1CCN(CCOC2CCNCC2)CC1(C)C. The van der Waals surface area contributed by atoms with Gasteiger partial charge in [-0.1, -0.05) is 0 Å². The van der Waals surface area contributed by atoms with E-state index in [0.717, 1.165) is 32.8 Å². The average molecular weight is 255 g/mol. The molecule has 0 amide bonds. The molecule has 2 rings (SSSR count). The standard InChI is InChI=1S/C14H29N3O/c1-14(2)12-17(9-8-16(14)3)10-11-18-13-4-6-15-7-5-13/h13,15H,4-12H2,1-3H3. The van der Waals surface area contributed by atoms with Crippen LogP contribution in [0, 0.1) is 0 Å². The van der Waals surface area contributed by atoms with E-state index in [1.54, 1.807) is 0 Å². The van der Waals surface area contributed by atoms with Gasteiger partial charge in [0.25, 0.3) is 0 Å². The first kappa shape index (κ1) is 14.3. The van der Waals surface area contributed by atoms with Crippen molar-refractivity contribution < 1.29 is 4.74 Å². The smallest absolute Gasteiger partial charge is 0.0600 e. The van der Waals surface area contributed by atoms with Gasteiger partial charge in [0.05, 0.1) is 12.7 Å². The Morgan fingerprint density at radius 3 is 2.61 bits per heavy atom. The van der Waals surface area contributed by atoms with Gasteiger partial charge in [-0.05, 0) is 46.8 Å². The van der Waals surface area contributed by atoms with Crippen LogP contribution in [0.25, 0.3) is 0 Å². The Morgan fingerprint density at radius 2 is 1.94 bits per heavy atom. The van der Waals surface area contributed by atoms with Crippen LogP contribution in [-0.2, 0) is 4.74 Å². The van der Waals surface area contributed by atoms with Crippen LogP contribution in [0.1, 0.15) is 26.7 Å². The van der Waals surface area contributed by atoms with E-state index in [9.17, 15) is 0 Å². The monoisotopic (exact) mass is 255 g/mol. The maximum Gasteiger partial charge on any atom is 0.0600 e. The number of rotatable bonds is 4. The number of nitrogens with one attached hydrogen (secondary N) is 1. The summed E-state index contributed by atoms with van der Waals surface area (Å²) in [5, 5.41) is 3.37. The second kappa shape index (κ2) is 6.33. The Labute approximate surface area is 112 Å². The van der Waals surface area contributed by atoms with E-state index in [1.807, 2.05) is 0 Å². The molecule has 0 aromatic rings. The number of piperazine rings is 1. The van der Waals surface area contributed by atoms with Crippen molar-refractivity contribution in [1.29, 1.82) is 0 Å². The lowest BCUT2D eigenvalue weighted by Crippen LogP contribution is -2.58. The summed E-state index contributed by atoms with van der Waals surface area (Å²) < 4.78 is 5.99. The minimum absolute atomic E-state index is 0.299. The molecule has 0 unspecified atom stereocenters. The summed E-state index contributed by atoms with van der Waals surface area (Å²) in [6, 6.07) is 0. The summed E-state index contributed by atoms with van der Waals surface area (Å²) in [6.45, 7) is 12.4. The van der Waals surface area contributed by atoms with Gasteiger partial charge in [0, 0.05) is 31.7 Å². The van der Waals surface area contributed by atoms with Crippen LogP contribution >= 0.6 is 0 Å². The van der Waals surface area contributed by atoms with Crippen LogP contribution in [0.3, 0.4) is 0 Å². The quantitative estimate of drug-likeness (QED) is 0.803. The van der Waals surface area contributed by atoms with Crippen molar-refractivity contribution >= 4 is 0 Å². The third-order valence-electron chi connectivity index (χ3n) is 4.44. The average Bonchev–Trinajstić information content (AvgIpc) is 2.35. The summed E-state index contributed by atoms with van der Waals surface area (Å²) in [6.07, 6.45) is 2.84. The number of piperidine rings is 1. The molecule has 0 spiro atoms. The first-order valence-electron chi connectivity index (χ1n) is 7.34. The van der Waals surface area contributed by atoms with Crippen LogP contribution in [0.4, 0.5) is 0 Å². The largest absolute Gasteiger partial charge is 0.377 e. The van der Waals surface area contributed by atoms with Gasteiger partial charge >= 0.3 is 0 Å². The Hall–Kier alpha value is -0.160. The maximum atomic E-state index is 5.99. The molecule has 18 heavy (non-hydrogen) atoms. The number of likely N-dealkylation sites (N-methyl/N-ethyl adjacent to an activating group) is 1. The van der Waals surface area contributed by atoms with E-state index >= 15 is 0 Å². The van der Waals surface area contributed by atoms with E-state index in [4.69, 9.17) is 4.74 Å². The summed E-state index contributed by atoms with van der Waals surface area (Å²) >= 11 is 0.